The van der Waals surface area contributed by atoms with Gasteiger partial charge in [-0.25, -0.2) is 4.39 Å². The van der Waals surface area contributed by atoms with Crippen molar-refractivity contribution in [2.45, 2.75) is 13.0 Å². The molecule has 1 aliphatic heterocycles. The Morgan fingerprint density at radius 3 is 2.38 bits per heavy atom. The number of aryl methyl sites for hydroxylation is 1. The van der Waals surface area contributed by atoms with Crippen LogP contribution in [-0.2, 0) is 9.59 Å². The number of halogens is 2. The summed E-state index contributed by atoms with van der Waals surface area (Å²) < 4.78 is 18.8. The minimum Gasteiger partial charge on any atom is -0.507 e. The van der Waals surface area contributed by atoms with Crippen LogP contribution in [-0.4, -0.2) is 23.9 Å². The molecule has 1 fully saturated rings. The summed E-state index contributed by atoms with van der Waals surface area (Å²) in [6.45, 7) is 1.82. The number of benzene rings is 3. The van der Waals surface area contributed by atoms with E-state index in [-0.39, 0.29) is 21.9 Å². The van der Waals surface area contributed by atoms with Crippen LogP contribution in [0.2, 0.25) is 5.02 Å². The van der Waals surface area contributed by atoms with Crippen LogP contribution in [0.3, 0.4) is 0 Å². The van der Waals surface area contributed by atoms with Crippen molar-refractivity contribution < 1.29 is 23.8 Å². The third-order valence-electron chi connectivity index (χ3n) is 5.43. The highest BCUT2D eigenvalue weighted by atomic mass is 35.5. The van der Waals surface area contributed by atoms with Crippen LogP contribution < -0.4 is 9.64 Å². The highest BCUT2D eigenvalue weighted by Crippen LogP contribution is 2.43. The van der Waals surface area contributed by atoms with Gasteiger partial charge in [-0.3, -0.25) is 14.5 Å². The number of carbonyl (C=O) groups is 2. The number of amides is 1. The summed E-state index contributed by atoms with van der Waals surface area (Å²) in [5, 5.41) is 11.4. The minimum absolute atomic E-state index is 0.105. The van der Waals surface area contributed by atoms with E-state index in [0.29, 0.717) is 17.0 Å². The monoisotopic (exact) mass is 451 g/mol. The van der Waals surface area contributed by atoms with Gasteiger partial charge in [0.2, 0.25) is 0 Å². The predicted octanol–water partition coefficient (Wildman–Crippen LogP) is 5.42. The fraction of sp³-hybridized carbons (Fsp3) is 0.120. The van der Waals surface area contributed by atoms with Crippen LogP contribution in [0.15, 0.2) is 72.3 Å². The zero-order chi connectivity index (χ0) is 23.0. The number of nitrogens with zero attached hydrogens (tertiary/aromatic N) is 1. The van der Waals surface area contributed by atoms with E-state index in [9.17, 15) is 19.1 Å². The summed E-state index contributed by atoms with van der Waals surface area (Å²) in [7, 11) is 1.46. The predicted molar refractivity (Wildman–Crippen MR) is 120 cm³/mol. The van der Waals surface area contributed by atoms with Gasteiger partial charge in [-0.05, 0) is 54.4 Å². The molecule has 0 bridgehead atoms. The molecule has 4 rings (SSSR count). The Kier molecular flexibility index (Phi) is 5.72. The van der Waals surface area contributed by atoms with Gasteiger partial charge >= 0.3 is 0 Å². The average molecular weight is 452 g/mol. The molecule has 3 aromatic carbocycles. The van der Waals surface area contributed by atoms with Gasteiger partial charge in [0.15, 0.2) is 0 Å². The lowest BCUT2D eigenvalue weighted by atomic mass is 9.95. The lowest BCUT2D eigenvalue weighted by Gasteiger charge is -2.26. The van der Waals surface area contributed by atoms with Crippen LogP contribution in [0.5, 0.6) is 5.75 Å². The number of rotatable bonds is 4. The molecule has 1 amide bonds. The minimum atomic E-state index is -0.947. The van der Waals surface area contributed by atoms with Crippen molar-refractivity contribution in [1.29, 1.82) is 0 Å². The van der Waals surface area contributed by atoms with E-state index in [1.165, 1.54) is 42.3 Å². The molecule has 0 spiro atoms. The molecule has 1 atom stereocenters. The van der Waals surface area contributed by atoms with Crippen molar-refractivity contribution in [3.8, 4) is 5.75 Å². The second-order valence-electron chi connectivity index (χ2n) is 7.36. The summed E-state index contributed by atoms with van der Waals surface area (Å²) in [4.78, 5) is 27.6. The Balaban J connectivity index is 1.95. The van der Waals surface area contributed by atoms with Gasteiger partial charge in [-0.15, -0.1) is 0 Å². The number of para-hydroxylation sites is 1. The van der Waals surface area contributed by atoms with Gasteiger partial charge < -0.3 is 9.84 Å². The van der Waals surface area contributed by atoms with Crippen molar-refractivity contribution in [3.63, 3.8) is 0 Å². The highest BCUT2D eigenvalue weighted by Gasteiger charge is 2.47. The van der Waals surface area contributed by atoms with Crippen LogP contribution in [0, 0.1) is 12.7 Å². The number of hydrogen-bond donors (Lipinski definition) is 1. The van der Waals surface area contributed by atoms with E-state index < -0.39 is 23.5 Å². The van der Waals surface area contributed by atoms with E-state index in [4.69, 9.17) is 16.3 Å². The summed E-state index contributed by atoms with van der Waals surface area (Å²) in [5.74, 6) is -2.05. The highest BCUT2D eigenvalue weighted by molar-refractivity contribution is 6.51. The number of Topliss-reactive ketones (excluding diaryl/α,β-unsaturated/α-hetero) is 1. The van der Waals surface area contributed by atoms with Gasteiger partial charge in [-0.1, -0.05) is 41.9 Å². The molecular formula is C25H19ClFNO4. The van der Waals surface area contributed by atoms with Gasteiger partial charge in [0.1, 0.15) is 17.3 Å². The molecule has 0 radical (unpaired) electrons. The molecule has 1 saturated heterocycles. The summed E-state index contributed by atoms with van der Waals surface area (Å²) in [6, 6.07) is 16.2. The van der Waals surface area contributed by atoms with Crippen molar-refractivity contribution in [2.75, 3.05) is 12.0 Å². The lowest BCUT2D eigenvalue weighted by Crippen LogP contribution is -2.30. The van der Waals surface area contributed by atoms with E-state index in [1.807, 2.05) is 19.1 Å². The molecule has 32 heavy (non-hydrogen) atoms. The van der Waals surface area contributed by atoms with Crippen LogP contribution >= 0.6 is 11.6 Å². The second kappa shape index (κ2) is 8.48. The number of carbonyl (C=O) groups excluding carboxylic acids is 2. The number of ketones is 1. The number of aliphatic hydroxyl groups is 1. The fourth-order valence-corrected chi connectivity index (χ4v) is 4.10. The smallest absolute Gasteiger partial charge is 0.300 e. The largest absolute Gasteiger partial charge is 0.507 e. The Bertz CT molecular complexity index is 1250. The first-order chi connectivity index (χ1) is 15.3. The van der Waals surface area contributed by atoms with Gasteiger partial charge in [0.25, 0.3) is 11.7 Å². The van der Waals surface area contributed by atoms with E-state index in [2.05, 4.69) is 0 Å². The molecule has 0 aromatic heterocycles. The Morgan fingerprint density at radius 2 is 1.75 bits per heavy atom. The quantitative estimate of drug-likeness (QED) is 0.326. The molecular weight excluding hydrogens is 433 g/mol. The van der Waals surface area contributed by atoms with Crippen LogP contribution in [0.25, 0.3) is 5.76 Å². The van der Waals surface area contributed by atoms with Gasteiger partial charge in [-0.2, -0.15) is 0 Å². The van der Waals surface area contributed by atoms with E-state index >= 15 is 0 Å². The van der Waals surface area contributed by atoms with Crippen molar-refractivity contribution >= 4 is 34.7 Å². The molecule has 1 unspecified atom stereocenters. The summed E-state index contributed by atoms with van der Waals surface area (Å²) in [6.07, 6.45) is 0. The topological polar surface area (TPSA) is 66.8 Å². The van der Waals surface area contributed by atoms with Gasteiger partial charge in [0.05, 0.1) is 23.7 Å². The van der Waals surface area contributed by atoms with Crippen molar-refractivity contribution in [1.82, 2.24) is 0 Å². The first-order valence-electron chi connectivity index (χ1n) is 9.79. The number of methoxy groups -OCH3 is 1. The standard InChI is InChI=1S/C25H19ClFNO4/c1-14-5-3-4-6-19(14)28-22(15-7-10-17(27)11-8-15)21(24(30)25(28)31)23(29)16-9-12-20(32-2)18(26)13-16/h3-13,22,29H,1-2H3/b23-21-. The maximum absolute atomic E-state index is 13.6. The zero-order valence-electron chi connectivity index (χ0n) is 17.3. The number of hydrogen-bond acceptors (Lipinski definition) is 4. The zero-order valence-corrected chi connectivity index (χ0v) is 18.1. The Labute approximate surface area is 189 Å². The second-order valence-corrected chi connectivity index (χ2v) is 7.76. The number of anilines is 1. The van der Waals surface area contributed by atoms with Gasteiger partial charge in [0, 0.05) is 11.3 Å². The first-order valence-corrected chi connectivity index (χ1v) is 10.2. The summed E-state index contributed by atoms with van der Waals surface area (Å²) >= 11 is 6.20. The third-order valence-corrected chi connectivity index (χ3v) is 5.73. The molecule has 1 heterocycles. The maximum Gasteiger partial charge on any atom is 0.300 e. The summed E-state index contributed by atoms with van der Waals surface area (Å²) in [5.41, 5.74) is 1.93. The van der Waals surface area contributed by atoms with Crippen LogP contribution in [0.4, 0.5) is 10.1 Å². The van der Waals surface area contributed by atoms with E-state index in [0.717, 1.165) is 5.56 Å². The normalized spacial score (nSPS) is 17.6. The van der Waals surface area contributed by atoms with Crippen LogP contribution in [0.1, 0.15) is 22.7 Å². The van der Waals surface area contributed by atoms with E-state index in [1.54, 1.807) is 24.3 Å². The number of ether oxygens (including phenoxy) is 1. The fourth-order valence-electron chi connectivity index (χ4n) is 3.84. The van der Waals surface area contributed by atoms with Crippen molar-refractivity contribution in [2.24, 2.45) is 0 Å². The molecule has 0 saturated carbocycles. The SMILES string of the molecule is COc1ccc(/C(O)=C2/C(=O)C(=O)N(c3ccccc3C)C2c2ccc(F)cc2)cc1Cl. The molecule has 162 valence electrons. The first kappa shape index (κ1) is 21.6. The Morgan fingerprint density at radius 1 is 1.06 bits per heavy atom. The average Bonchev–Trinajstić information content (AvgIpc) is 3.04. The molecule has 3 aromatic rings. The number of aliphatic hydroxyl groups excluding tert-OH is 1. The Hall–Kier alpha value is -3.64. The maximum atomic E-state index is 13.6. The third kappa shape index (κ3) is 3.63. The molecule has 5 nitrogen and oxygen atoms in total. The molecule has 1 N–H and O–H groups in total. The lowest BCUT2D eigenvalue weighted by molar-refractivity contribution is -0.132. The molecule has 1 aliphatic rings. The molecule has 0 aliphatic carbocycles. The van der Waals surface area contributed by atoms with Crippen molar-refractivity contribution in [3.05, 3.63) is 99.8 Å². The molecule has 7 heteroatoms.